The molecule has 0 bridgehead atoms. The molecule has 0 nitrogen and oxygen atoms in total. The SMILES string of the molecule is [C-]1=CC=CC1.[C-]1=CC=CC1.[Cl-].[Cl-].[Zr+2]=[Si](c1ccccc1)c1ccccc1.[Zr+2]=[Si](c1ccccc1)c1ccccc1.[c-]1cccc2c1Cc1ccccc1-2.[c-]1cccc2c1Cc1ccccc1-2. The third kappa shape index (κ3) is 15.8. The Labute approximate surface area is 436 Å². The van der Waals surface area contributed by atoms with E-state index in [9.17, 15) is 0 Å². The van der Waals surface area contributed by atoms with E-state index in [1.165, 1.54) is 65.3 Å². The molecule has 6 heteroatoms. The maximum atomic E-state index is 3.30. The summed E-state index contributed by atoms with van der Waals surface area (Å²) in [6, 6.07) is 79.6. The fourth-order valence-corrected chi connectivity index (χ4v) is 15.1. The van der Waals surface area contributed by atoms with Crippen LogP contribution in [0.5, 0.6) is 0 Å². The molecule has 0 unspecified atom stereocenters. The second kappa shape index (κ2) is 29.3. The number of rotatable bonds is 4. The Morgan fingerprint density at radius 1 is 0.348 bits per heavy atom. The van der Waals surface area contributed by atoms with Crippen LogP contribution >= 0.6 is 0 Å². The minimum Gasteiger partial charge on any atom is -0.179 e. The largest absolute Gasteiger partial charge is 0.179 e. The third-order valence-corrected chi connectivity index (χ3v) is 22.8. The van der Waals surface area contributed by atoms with Gasteiger partial charge in [-0.25, -0.2) is 24.3 Å². The summed E-state index contributed by atoms with van der Waals surface area (Å²) in [5.41, 5.74) is 10.1. The van der Waals surface area contributed by atoms with E-state index in [0.29, 0.717) is 0 Å². The van der Waals surface area contributed by atoms with Gasteiger partial charge in [0.2, 0.25) is 0 Å². The number of fused-ring (bicyclic) bond motifs is 6. The van der Waals surface area contributed by atoms with E-state index in [4.69, 9.17) is 0 Å². The summed E-state index contributed by atoms with van der Waals surface area (Å²) in [4.78, 5) is 0. The van der Waals surface area contributed by atoms with Gasteiger partial charge in [0.25, 0.3) is 0 Å². The van der Waals surface area contributed by atoms with Crippen molar-refractivity contribution < 1.29 is 71.5 Å². The molecule has 0 N–H and O–H groups in total. The van der Waals surface area contributed by atoms with E-state index in [1.54, 1.807) is 46.7 Å². The summed E-state index contributed by atoms with van der Waals surface area (Å²) in [6.45, 7) is 0. The zero-order valence-corrected chi connectivity index (χ0v) is 45.1. The number of hydrogen-bond donors (Lipinski definition) is 0. The Balaban J connectivity index is 0.000000152. The maximum absolute atomic E-state index is 3.30. The zero-order chi connectivity index (χ0) is 44.0. The molecule has 0 aliphatic heterocycles. The second-order valence-corrected chi connectivity index (χ2v) is 26.2. The second-order valence-electron chi connectivity index (χ2n) is 15.0. The van der Waals surface area contributed by atoms with Crippen molar-refractivity contribution in [3.05, 3.63) is 289 Å². The van der Waals surface area contributed by atoms with Gasteiger partial charge < -0.3 is 24.8 Å². The van der Waals surface area contributed by atoms with Crippen molar-refractivity contribution in [3.8, 4) is 22.3 Å². The van der Waals surface area contributed by atoms with Crippen LogP contribution in [0, 0.1) is 24.3 Å². The molecular formula is C60H48Cl2Si2Zr2-2. The molecule has 0 heterocycles. The van der Waals surface area contributed by atoms with Gasteiger partial charge in [0.15, 0.2) is 0 Å². The van der Waals surface area contributed by atoms with E-state index in [1.807, 2.05) is 36.4 Å². The Bertz CT molecular complexity index is 2470. The van der Waals surface area contributed by atoms with Crippen molar-refractivity contribution >= 4 is 31.6 Å². The van der Waals surface area contributed by atoms with Crippen molar-refractivity contribution in [3.63, 3.8) is 0 Å². The maximum Gasteiger partial charge on any atom is -0.0253 e. The van der Waals surface area contributed by atoms with Crippen LogP contribution in [0.3, 0.4) is 0 Å². The van der Waals surface area contributed by atoms with Gasteiger partial charge in [-0.15, -0.1) is 24.0 Å². The predicted molar refractivity (Wildman–Crippen MR) is 266 cm³/mol. The molecule has 320 valence electrons. The van der Waals surface area contributed by atoms with Crippen LogP contribution < -0.4 is 45.6 Å². The quantitative estimate of drug-likeness (QED) is 0.164. The van der Waals surface area contributed by atoms with Crippen LogP contribution in [0.4, 0.5) is 0 Å². The fourth-order valence-electron chi connectivity index (χ4n) is 7.43. The number of benzene rings is 8. The Morgan fingerprint density at radius 3 is 0.939 bits per heavy atom. The third-order valence-electron chi connectivity index (χ3n) is 10.7. The van der Waals surface area contributed by atoms with Gasteiger partial charge in [0.1, 0.15) is 0 Å². The molecule has 0 radical (unpaired) electrons. The van der Waals surface area contributed by atoms with Crippen molar-refractivity contribution in [2.24, 2.45) is 0 Å². The Kier molecular flexibility index (Phi) is 23.3. The Hall–Kier alpha value is -4.50. The number of allylic oxidation sites excluding steroid dienone is 8. The predicted octanol–water partition coefficient (Wildman–Crippen LogP) is 5.41. The minimum absolute atomic E-state index is 0. The Morgan fingerprint density at radius 2 is 0.652 bits per heavy atom. The molecule has 0 saturated heterocycles. The molecule has 8 aromatic rings. The van der Waals surface area contributed by atoms with Crippen molar-refractivity contribution in [1.29, 1.82) is 0 Å². The van der Waals surface area contributed by atoms with Crippen LogP contribution in [0.15, 0.2) is 243 Å². The first-order valence-electron chi connectivity index (χ1n) is 21.6. The van der Waals surface area contributed by atoms with Gasteiger partial charge in [-0.1, -0.05) is 70.8 Å². The molecule has 4 aliphatic carbocycles. The van der Waals surface area contributed by atoms with Crippen LogP contribution in [0.1, 0.15) is 35.1 Å². The first-order chi connectivity index (χ1) is 31.7. The van der Waals surface area contributed by atoms with Crippen molar-refractivity contribution in [2.45, 2.75) is 25.7 Å². The molecule has 8 aromatic carbocycles. The van der Waals surface area contributed by atoms with E-state index in [0.717, 1.165) is 25.7 Å². The molecule has 0 amide bonds. The number of halogens is 2. The van der Waals surface area contributed by atoms with Gasteiger partial charge in [0, 0.05) is 0 Å². The standard InChI is InChI=1S/2C13H9.2C12H10Si.2C5H5.2ClH.2Zr/c2*1-3-7-12-10(5-1)9-11-6-2-4-8-13(11)12;2*1-3-7-11(8-4-1)13-12-9-5-2-6-10-12;2*1-2-4-5-3-1;;;;/h2*1-5,7-8H,9H2;2*1-10H;2*1-3H,4H2;2*1H;;/q2*-1;;;2*-1;;;2*+2/p-2. The van der Waals surface area contributed by atoms with E-state index >= 15 is 0 Å². The topological polar surface area (TPSA) is 0 Å². The van der Waals surface area contributed by atoms with Crippen molar-refractivity contribution in [1.82, 2.24) is 0 Å². The molecule has 0 aromatic heterocycles. The summed E-state index contributed by atoms with van der Waals surface area (Å²) in [6.07, 6.45) is 22.1. The van der Waals surface area contributed by atoms with Gasteiger partial charge in [-0.2, -0.15) is 71.8 Å². The first kappa shape index (κ1) is 52.5. The summed E-state index contributed by atoms with van der Waals surface area (Å²) < 4.78 is 0. The molecule has 0 spiro atoms. The van der Waals surface area contributed by atoms with Crippen LogP contribution in [-0.2, 0) is 59.5 Å². The van der Waals surface area contributed by atoms with Gasteiger partial charge >= 0.3 is 200 Å². The van der Waals surface area contributed by atoms with Crippen LogP contribution in [0.2, 0.25) is 0 Å². The summed E-state index contributed by atoms with van der Waals surface area (Å²) >= 11 is 3.29. The van der Waals surface area contributed by atoms with E-state index in [-0.39, 0.29) is 24.8 Å². The zero-order valence-electron chi connectivity index (χ0n) is 36.7. The molecule has 0 atom stereocenters. The molecule has 12 rings (SSSR count). The summed E-state index contributed by atoms with van der Waals surface area (Å²) in [5, 5.41) is 6.06. The summed E-state index contributed by atoms with van der Waals surface area (Å²) in [5.74, 6) is 0. The van der Waals surface area contributed by atoms with Gasteiger partial charge in [0.05, 0.1) is 0 Å². The van der Waals surface area contributed by atoms with E-state index < -0.39 is 10.9 Å². The minimum atomic E-state index is -0.455. The molecule has 0 fully saturated rings. The van der Waals surface area contributed by atoms with Gasteiger partial charge in [-0.3, -0.25) is 12.2 Å². The molecular weight excluding hydrogens is 1030 g/mol. The van der Waals surface area contributed by atoms with Crippen LogP contribution in [-0.4, -0.2) is 10.9 Å². The van der Waals surface area contributed by atoms with Crippen LogP contribution in [0.25, 0.3) is 22.3 Å². The molecule has 66 heavy (non-hydrogen) atoms. The smallest absolute Gasteiger partial charge is 0.0253 e. The first-order valence-corrected chi connectivity index (χ1v) is 32.0. The molecule has 0 saturated carbocycles. The van der Waals surface area contributed by atoms with Gasteiger partial charge in [-0.05, 0) is 12.8 Å². The normalized spacial score (nSPS) is 11.7. The number of hydrogen-bond acceptors (Lipinski definition) is 0. The average molecular weight is 1080 g/mol. The summed E-state index contributed by atoms with van der Waals surface area (Å²) in [7, 11) is 0. The molecule has 4 aliphatic rings. The average Bonchev–Trinajstić information content (AvgIpc) is 4.25. The monoisotopic (exact) mass is 1070 g/mol. The fraction of sp³-hybridized carbons (Fsp3) is 0.0667. The van der Waals surface area contributed by atoms with Crippen molar-refractivity contribution in [2.75, 3.05) is 0 Å². The van der Waals surface area contributed by atoms with E-state index in [2.05, 4.69) is 231 Å².